The first-order valence-electron chi connectivity index (χ1n) is 11.5. The Hall–Kier alpha value is -2.57. The molecule has 2 aliphatic rings. The van der Waals surface area contributed by atoms with Crippen molar-refractivity contribution in [2.75, 3.05) is 0 Å². The molecule has 2 aromatic rings. The van der Waals surface area contributed by atoms with Crippen molar-refractivity contribution in [2.24, 2.45) is 0 Å². The summed E-state index contributed by atoms with van der Waals surface area (Å²) < 4.78 is 20.1. The Morgan fingerprint density at radius 1 is 1.00 bits per heavy atom. The fourth-order valence-corrected chi connectivity index (χ4v) is 4.04. The lowest BCUT2D eigenvalue weighted by atomic mass is 9.58. The number of hydrogen-bond donors (Lipinski definition) is 0. The lowest BCUT2D eigenvalue weighted by molar-refractivity contribution is 0.00578. The van der Waals surface area contributed by atoms with E-state index in [0.29, 0.717) is 0 Å². The molecule has 6 heteroatoms. The van der Waals surface area contributed by atoms with Crippen LogP contribution in [0, 0.1) is 0 Å². The molecule has 1 aromatic carbocycles. The number of aromatic nitrogens is 1. The summed E-state index contributed by atoms with van der Waals surface area (Å²) in [5.74, 6) is 0. The number of para-hydroxylation sites is 1. The number of hydrogen-bond acceptors (Lipinski definition) is 4. The molecule has 1 unspecified atom stereocenters. The van der Waals surface area contributed by atoms with E-state index in [1.807, 2.05) is 69.3 Å². The van der Waals surface area contributed by atoms with Crippen LogP contribution in [0.4, 0.5) is 4.79 Å². The summed E-state index contributed by atoms with van der Waals surface area (Å²) in [6, 6.07) is 9.87. The Labute approximate surface area is 197 Å². The van der Waals surface area contributed by atoms with E-state index in [0.717, 1.165) is 22.2 Å². The Kier molecular flexibility index (Phi) is 5.54. The van der Waals surface area contributed by atoms with E-state index in [4.69, 9.17) is 14.0 Å². The van der Waals surface area contributed by atoms with Crippen LogP contribution in [0.3, 0.4) is 0 Å². The molecule has 1 fully saturated rings. The minimum atomic E-state index is -0.595. The van der Waals surface area contributed by atoms with Gasteiger partial charge in [-0.15, -0.1) is 0 Å². The maximum Gasteiger partial charge on any atom is 0.472 e. The summed E-state index contributed by atoms with van der Waals surface area (Å²) in [5.41, 5.74) is 1.10. The summed E-state index contributed by atoms with van der Waals surface area (Å²) in [4.78, 5) is 13.2. The average molecular weight is 447 g/mol. The monoisotopic (exact) mass is 447 g/mol. The number of carbonyl (C=O) groups is 1. The molecule has 1 saturated heterocycles. The summed E-state index contributed by atoms with van der Waals surface area (Å²) in [5, 5.41) is 0.515. The lowest BCUT2D eigenvalue weighted by Gasteiger charge is -2.32. The highest BCUT2D eigenvalue weighted by molar-refractivity contribution is 6.51. The van der Waals surface area contributed by atoms with E-state index in [1.54, 1.807) is 4.57 Å². The third-order valence-corrected chi connectivity index (χ3v) is 6.70. The largest absolute Gasteiger partial charge is 0.472 e. The first kappa shape index (κ1) is 23.6. The summed E-state index contributed by atoms with van der Waals surface area (Å²) in [6.45, 7) is 16.0. The molecule has 0 bridgehead atoms. The topological polar surface area (TPSA) is 49.7 Å². The van der Waals surface area contributed by atoms with Crippen LogP contribution in [-0.2, 0) is 14.0 Å². The van der Waals surface area contributed by atoms with Crippen LogP contribution in [0.15, 0.2) is 60.7 Å². The van der Waals surface area contributed by atoms with Gasteiger partial charge in [-0.2, -0.15) is 0 Å². The molecule has 1 atom stereocenters. The third kappa shape index (κ3) is 4.34. The highest BCUT2D eigenvalue weighted by atomic mass is 16.7. The zero-order valence-corrected chi connectivity index (χ0v) is 20.9. The molecule has 1 aliphatic carbocycles. The van der Waals surface area contributed by atoms with Gasteiger partial charge >= 0.3 is 13.2 Å². The van der Waals surface area contributed by atoms with Crippen LogP contribution in [-0.4, -0.2) is 34.6 Å². The highest BCUT2D eigenvalue weighted by Crippen LogP contribution is 2.47. The van der Waals surface area contributed by atoms with Gasteiger partial charge in [0.05, 0.1) is 22.4 Å². The number of ether oxygens (including phenoxy) is 1. The zero-order chi connectivity index (χ0) is 24.2. The first-order chi connectivity index (χ1) is 15.2. The van der Waals surface area contributed by atoms with E-state index < -0.39 is 35.3 Å². The number of allylic oxidation sites excluding steroid dienone is 6. The van der Waals surface area contributed by atoms with Crippen molar-refractivity contribution >= 4 is 29.7 Å². The van der Waals surface area contributed by atoms with Crippen molar-refractivity contribution in [3.8, 4) is 0 Å². The van der Waals surface area contributed by atoms with Crippen molar-refractivity contribution in [3.63, 3.8) is 0 Å². The molecule has 0 amide bonds. The minimum absolute atomic E-state index is 0.394. The van der Waals surface area contributed by atoms with E-state index >= 15 is 0 Å². The van der Waals surface area contributed by atoms with Crippen LogP contribution in [0.2, 0.25) is 5.31 Å². The van der Waals surface area contributed by atoms with Gasteiger partial charge in [0, 0.05) is 10.7 Å². The Morgan fingerprint density at radius 3 is 2.27 bits per heavy atom. The SMILES string of the molecule is CC(C)(C)OC(=O)n1c(C2=CC=CC(C)(B3OC(C)(C)C(C)(C)O3)C=C2)cc2ccccc21. The van der Waals surface area contributed by atoms with Crippen LogP contribution in [0.25, 0.3) is 16.5 Å². The quantitative estimate of drug-likeness (QED) is 0.476. The normalized spacial score (nSPS) is 24.1. The van der Waals surface area contributed by atoms with Gasteiger partial charge in [-0.1, -0.05) is 55.5 Å². The molecule has 5 nitrogen and oxygen atoms in total. The Balaban J connectivity index is 1.72. The molecule has 174 valence electrons. The van der Waals surface area contributed by atoms with Crippen molar-refractivity contribution in [1.29, 1.82) is 0 Å². The van der Waals surface area contributed by atoms with Crippen molar-refractivity contribution in [1.82, 2.24) is 4.57 Å². The molecule has 2 heterocycles. The number of nitrogens with zero attached hydrogens (tertiary/aromatic N) is 1. The predicted octanol–water partition coefficient (Wildman–Crippen LogP) is 6.79. The number of rotatable bonds is 2. The fraction of sp³-hybridized carbons (Fsp3) is 0.444. The van der Waals surface area contributed by atoms with Gasteiger partial charge in [0.1, 0.15) is 5.60 Å². The predicted molar refractivity (Wildman–Crippen MR) is 134 cm³/mol. The van der Waals surface area contributed by atoms with Crippen molar-refractivity contribution in [2.45, 2.75) is 77.5 Å². The van der Waals surface area contributed by atoms with Gasteiger partial charge in [-0.3, -0.25) is 0 Å². The Morgan fingerprint density at radius 2 is 1.64 bits per heavy atom. The number of fused-ring (bicyclic) bond motifs is 1. The fourth-order valence-electron chi connectivity index (χ4n) is 4.04. The summed E-state index contributed by atoms with van der Waals surface area (Å²) in [6.07, 6.45) is 9.87. The molecule has 1 aliphatic heterocycles. The minimum Gasteiger partial charge on any atom is -0.443 e. The van der Waals surface area contributed by atoms with Crippen LogP contribution >= 0.6 is 0 Å². The average Bonchev–Trinajstić information content (AvgIpc) is 3.08. The molecule has 0 spiro atoms. The first-order valence-corrected chi connectivity index (χ1v) is 11.5. The Bertz CT molecular complexity index is 1160. The van der Waals surface area contributed by atoms with Crippen LogP contribution in [0.1, 0.15) is 61.1 Å². The maximum absolute atomic E-state index is 13.2. The van der Waals surface area contributed by atoms with Gasteiger partial charge in [0.25, 0.3) is 0 Å². The molecular formula is C27H34BNO4. The van der Waals surface area contributed by atoms with E-state index in [9.17, 15) is 4.79 Å². The molecule has 1 aromatic heterocycles. The van der Waals surface area contributed by atoms with Crippen LogP contribution in [0.5, 0.6) is 0 Å². The van der Waals surface area contributed by atoms with Gasteiger partial charge in [-0.25, -0.2) is 9.36 Å². The van der Waals surface area contributed by atoms with Crippen LogP contribution < -0.4 is 0 Å². The van der Waals surface area contributed by atoms with Gasteiger partial charge in [0.2, 0.25) is 0 Å². The number of carbonyl (C=O) groups excluding carboxylic acids is 1. The highest BCUT2D eigenvalue weighted by Gasteiger charge is 2.56. The van der Waals surface area contributed by atoms with Crippen molar-refractivity contribution < 1.29 is 18.8 Å². The summed E-state index contributed by atoms with van der Waals surface area (Å²) >= 11 is 0. The second kappa shape index (κ2) is 7.74. The molecule has 33 heavy (non-hydrogen) atoms. The second-order valence-corrected chi connectivity index (χ2v) is 11.2. The van der Waals surface area contributed by atoms with Gasteiger partial charge < -0.3 is 14.0 Å². The van der Waals surface area contributed by atoms with Gasteiger partial charge in [0.15, 0.2) is 0 Å². The van der Waals surface area contributed by atoms with E-state index in [2.05, 4.69) is 46.8 Å². The molecule has 0 N–H and O–H groups in total. The second-order valence-electron chi connectivity index (χ2n) is 11.2. The lowest BCUT2D eigenvalue weighted by Crippen LogP contribution is -2.41. The zero-order valence-electron chi connectivity index (χ0n) is 20.9. The third-order valence-electron chi connectivity index (χ3n) is 6.70. The molecular weight excluding hydrogens is 413 g/mol. The van der Waals surface area contributed by atoms with E-state index in [1.165, 1.54) is 0 Å². The number of benzene rings is 1. The standard InChI is InChI=1S/C27H34BNO4/c1-24(2,3)31-23(30)29-21-14-10-9-12-20(21)18-22(29)19-13-11-16-27(8,17-15-19)28-32-25(4,5)26(6,7)33-28/h9-18H,1-8H3. The molecule has 0 saturated carbocycles. The van der Waals surface area contributed by atoms with Gasteiger partial charge in [-0.05, 0) is 66.2 Å². The maximum atomic E-state index is 13.2. The van der Waals surface area contributed by atoms with Crippen molar-refractivity contribution in [3.05, 3.63) is 66.4 Å². The summed E-state index contributed by atoms with van der Waals surface area (Å²) in [7, 11) is -0.417. The smallest absolute Gasteiger partial charge is 0.443 e. The van der Waals surface area contributed by atoms with E-state index in [-0.39, 0.29) is 0 Å². The molecule has 0 radical (unpaired) electrons. The molecule has 4 rings (SSSR count).